The first-order valence-corrected chi connectivity index (χ1v) is 8.57. The standard InChI is InChI=1S/C11H13Cl2NOS3/c12-9-4-7(10(13)18-9)6-17-11(16)14-5-8-2-1-3-15-8/h4,8H,1-3,5-6H2,(H,14,16). The minimum absolute atomic E-state index is 0.308. The molecule has 1 aromatic heterocycles. The average molecular weight is 342 g/mol. The highest BCUT2D eigenvalue weighted by Crippen LogP contribution is 2.33. The van der Waals surface area contributed by atoms with Crippen LogP contribution in [0.15, 0.2) is 6.07 Å². The van der Waals surface area contributed by atoms with Crippen LogP contribution in [0.5, 0.6) is 0 Å². The molecule has 1 fully saturated rings. The normalized spacial score (nSPS) is 19.1. The topological polar surface area (TPSA) is 21.3 Å². The summed E-state index contributed by atoms with van der Waals surface area (Å²) in [5.41, 5.74) is 1.04. The number of rotatable bonds is 4. The Morgan fingerprint density at radius 2 is 2.44 bits per heavy atom. The SMILES string of the molecule is S=C(NCC1CCCO1)SCc1cc(Cl)sc1Cl. The maximum atomic E-state index is 6.05. The van der Waals surface area contributed by atoms with Gasteiger partial charge in [-0.25, -0.2) is 0 Å². The molecule has 1 aromatic rings. The van der Waals surface area contributed by atoms with Crippen molar-refractivity contribution in [3.63, 3.8) is 0 Å². The van der Waals surface area contributed by atoms with Crippen LogP contribution in [0, 0.1) is 0 Å². The smallest absolute Gasteiger partial charge is 0.134 e. The van der Waals surface area contributed by atoms with Crippen molar-refractivity contribution in [1.29, 1.82) is 0 Å². The van der Waals surface area contributed by atoms with E-state index in [0.717, 1.165) is 46.0 Å². The molecule has 0 radical (unpaired) electrons. The zero-order valence-electron chi connectivity index (χ0n) is 9.58. The quantitative estimate of drug-likeness (QED) is 0.822. The van der Waals surface area contributed by atoms with E-state index in [1.54, 1.807) is 11.8 Å². The molecule has 18 heavy (non-hydrogen) atoms. The lowest BCUT2D eigenvalue weighted by Crippen LogP contribution is -2.28. The summed E-state index contributed by atoms with van der Waals surface area (Å²) in [4.78, 5) is 0. The fourth-order valence-corrected chi connectivity index (χ4v) is 4.29. The molecule has 0 aromatic carbocycles. The summed E-state index contributed by atoms with van der Waals surface area (Å²) in [6.07, 6.45) is 2.57. The molecule has 0 amide bonds. The lowest BCUT2D eigenvalue weighted by molar-refractivity contribution is 0.114. The Hall–Kier alpha value is 0.480. The van der Waals surface area contributed by atoms with Gasteiger partial charge in [0.1, 0.15) is 4.32 Å². The zero-order valence-corrected chi connectivity index (χ0v) is 13.5. The van der Waals surface area contributed by atoms with Crippen molar-refractivity contribution in [2.24, 2.45) is 0 Å². The van der Waals surface area contributed by atoms with Crippen LogP contribution in [0.4, 0.5) is 0 Å². The third-order valence-electron chi connectivity index (χ3n) is 2.58. The molecule has 1 atom stereocenters. The van der Waals surface area contributed by atoms with Crippen LogP contribution in [0.1, 0.15) is 18.4 Å². The number of hydrogen-bond donors (Lipinski definition) is 1. The number of nitrogens with one attached hydrogen (secondary N) is 1. The minimum atomic E-state index is 0.308. The van der Waals surface area contributed by atoms with Crippen molar-refractivity contribution >= 4 is 62.8 Å². The second kappa shape index (κ2) is 7.31. The van der Waals surface area contributed by atoms with Gasteiger partial charge >= 0.3 is 0 Å². The first-order valence-electron chi connectivity index (χ1n) is 5.61. The third kappa shape index (κ3) is 4.54. The van der Waals surface area contributed by atoms with Crippen LogP contribution in [-0.2, 0) is 10.5 Å². The van der Waals surface area contributed by atoms with E-state index in [1.165, 1.54) is 11.3 Å². The van der Waals surface area contributed by atoms with Crippen LogP contribution in [0.2, 0.25) is 8.67 Å². The second-order valence-corrected chi connectivity index (χ2v) is 7.88. The molecule has 1 N–H and O–H groups in total. The van der Waals surface area contributed by atoms with Crippen molar-refractivity contribution in [2.45, 2.75) is 24.7 Å². The van der Waals surface area contributed by atoms with Crippen molar-refractivity contribution in [2.75, 3.05) is 13.2 Å². The molecule has 100 valence electrons. The molecule has 0 aliphatic carbocycles. The summed E-state index contributed by atoms with van der Waals surface area (Å²) in [6.45, 7) is 1.67. The monoisotopic (exact) mass is 341 g/mol. The van der Waals surface area contributed by atoms with Gasteiger partial charge in [0.25, 0.3) is 0 Å². The van der Waals surface area contributed by atoms with Gasteiger partial charge in [-0.1, -0.05) is 47.2 Å². The Balaban J connectivity index is 1.69. The van der Waals surface area contributed by atoms with Crippen molar-refractivity contribution in [3.8, 4) is 0 Å². The molecule has 0 saturated carbocycles. The van der Waals surface area contributed by atoms with Gasteiger partial charge in [-0.2, -0.15) is 0 Å². The average Bonchev–Trinajstić information content (AvgIpc) is 2.94. The van der Waals surface area contributed by atoms with Crippen LogP contribution in [-0.4, -0.2) is 23.6 Å². The lowest BCUT2D eigenvalue weighted by Gasteiger charge is -2.11. The Morgan fingerprint density at radius 3 is 3.06 bits per heavy atom. The van der Waals surface area contributed by atoms with E-state index in [2.05, 4.69) is 5.32 Å². The Morgan fingerprint density at radius 1 is 1.61 bits per heavy atom. The first kappa shape index (κ1) is 14.9. The van der Waals surface area contributed by atoms with Gasteiger partial charge in [0.2, 0.25) is 0 Å². The van der Waals surface area contributed by atoms with Crippen molar-refractivity contribution < 1.29 is 4.74 Å². The van der Waals surface area contributed by atoms with E-state index < -0.39 is 0 Å². The highest BCUT2D eigenvalue weighted by molar-refractivity contribution is 8.22. The number of thioether (sulfide) groups is 1. The lowest BCUT2D eigenvalue weighted by atomic mass is 10.2. The largest absolute Gasteiger partial charge is 0.376 e. The molecule has 1 aliphatic heterocycles. The maximum absolute atomic E-state index is 6.05. The number of thiophene rings is 1. The summed E-state index contributed by atoms with van der Waals surface area (Å²) in [5.74, 6) is 0.749. The van der Waals surface area contributed by atoms with Crippen molar-refractivity contribution in [3.05, 3.63) is 20.3 Å². The van der Waals surface area contributed by atoms with E-state index in [1.807, 2.05) is 6.07 Å². The third-order valence-corrected chi connectivity index (χ3v) is 5.51. The molecule has 7 heteroatoms. The molecule has 0 spiro atoms. The van der Waals surface area contributed by atoms with Crippen LogP contribution >= 0.6 is 58.5 Å². The van der Waals surface area contributed by atoms with E-state index >= 15 is 0 Å². The van der Waals surface area contributed by atoms with E-state index in [9.17, 15) is 0 Å². The van der Waals surface area contributed by atoms with Gasteiger partial charge in [-0.15, -0.1) is 11.3 Å². The van der Waals surface area contributed by atoms with Gasteiger partial charge in [0.05, 0.1) is 14.8 Å². The van der Waals surface area contributed by atoms with Gasteiger partial charge in [0, 0.05) is 18.9 Å². The maximum Gasteiger partial charge on any atom is 0.134 e. The molecule has 2 rings (SSSR count). The van der Waals surface area contributed by atoms with E-state index in [0.29, 0.717) is 10.4 Å². The van der Waals surface area contributed by atoms with Crippen LogP contribution < -0.4 is 5.32 Å². The number of halogens is 2. The molecule has 1 aliphatic rings. The van der Waals surface area contributed by atoms with Crippen LogP contribution in [0.25, 0.3) is 0 Å². The fraction of sp³-hybridized carbons (Fsp3) is 0.545. The number of ether oxygens (including phenoxy) is 1. The zero-order chi connectivity index (χ0) is 13.0. The molecular formula is C11H13Cl2NOS3. The Kier molecular flexibility index (Phi) is 6.04. The highest BCUT2D eigenvalue weighted by Gasteiger charge is 2.15. The molecular weight excluding hydrogens is 329 g/mol. The predicted octanol–water partition coefficient (Wildman–Crippen LogP) is 4.34. The van der Waals surface area contributed by atoms with Gasteiger partial charge in [0.15, 0.2) is 0 Å². The highest BCUT2D eigenvalue weighted by atomic mass is 35.5. The molecule has 2 heterocycles. The summed E-state index contributed by atoms with van der Waals surface area (Å²) in [5, 5.41) is 3.22. The summed E-state index contributed by atoms with van der Waals surface area (Å²) in [7, 11) is 0. The summed E-state index contributed by atoms with van der Waals surface area (Å²) >= 11 is 20.2. The fourth-order valence-electron chi connectivity index (χ4n) is 1.67. The summed E-state index contributed by atoms with van der Waals surface area (Å²) in [6, 6.07) is 1.89. The summed E-state index contributed by atoms with van der Waals surface area (Å²) < 4.78 is 7.76. The molecule has 1 unspecified atom stereocenters. The molecule has 0 bridgehead atoms. The second-order valence-electron chi connectivity index (χ2n) is 3.94. The first-order chi connectivity index (χ1) is 8.65. The number of hydrogen-bond acceptors (Lipinski definition) is 4. The predicted molar refractivity (Wildman–Crippen MR) is 85.2 cm³/mol. The van der Waals surface area contributed by atoms with Gasteiger partial charge < -0.3 is 10.1 Å². The van der Waals surface area contributed by atoms with E-state index in [-0.39, 0.29) is 0 Å². The molecule has 1 saturated heterocycles. The minimum Gasteiger partial charge on any atom is -0.376 e. The number of thiocarbonyl (C=S) groups is 1. The van der Waals surface area contributed by atoms with Crippen LogP contribution in [0.3, 0.4) is 0 Å². The van der Waals surface area contributed by atoms with Crippen molar-refractivity contribution in [1.82, 2.24) is 5.32 Å². The van der Waals surface area contributed by atoms with Gasteiger partial charge in [-0.3, -0.25) is 0 Å². The Labute approximate surface area is 130 Å². The van der Waals surface area contributed by atoms with Gasteiger partial charge in [-0.05, 0) is 24.5 Å². The van der Waals surface area contributed by atoms with E-state index in [4.69, 9.17) is 40.2 Å². The Bertz CT molecular complexity index is 418. The molecule has 2 nitrogen and oxygen atoms in total.